The van der Waals surface area contributed by atoms with Crippen molar-refractivity contribution in [1.29, 1.82) is 0 Å². The van der Waals surface area contributed by atoms with Crippen LogP contribution in [0.3, 0.4) is 0 Å². The summed E-state index contributed by atoms with van der Waals surface area (Å²) in [6.45, 7) is 5.62. The van der Waals surface area contributed by atoms with E-state index in [1.165, 1.54) is 12.1 Å². The van der Waals surface area contributed by atoms with Crippen LogP contribution < -0.4 is 10.2 Å². The minimum atomic E-state index is -0.222. The summed E-state index contributed by atoms with van der Waals surface area (Å²) < 4.78 is 13.0. The van der Waals surface area contributed by atoms with Crippen LogP contribution in [0.4, 0.5) is 10.1 Å². The van der Waals surface area contributed by atoms with E-state index in [4.69, 9.17) is 0 Å². The van der Waals surface area contributed by atoms with Crippen LogP contribution in [0.1, 0.15) is 12.6 Å². The predicted octanol–water partition coefficient (Wildman–Crippen LogP) is 2.05. The Labute approximate surface area is 147 Å². The molecule has 1 aromatic heterocycles. The van der Waals surface area contributed by atoms with Crippen LogP contribution in [-0.2, 0) is 11.3 Å². The van der Waals surface area contributed by atoms with Gasteiger partial charge in [-0.1, -0.05) is 6.07 Å². The average Bonchev–Trinajstić information content (AvgIpc) is 2.67. The molecular weight excluding hydrogens is 319 g/mol. The second-order valence-corrected chi connectivity index (χ2v) is 6.21. The number of anilines is 1. The fourth-order valence-electron chi connectivity index (χ4n) is 3.01. The minimum absolute atomic E-state index is 0.0147. The summed E-state index contributed by atoms with van der Waals surface area (Å²) in [7, 11) is 0. The lowest BCUT2D eigenvalue weighted by atomic mass is 10.2. The predicted molar refractivity (Wildman–Crippen MR) is 95.7 cm³/mol. The Balaban J connectivity index is 1.48. The molecule has 0 spiro atoms. The van der Waals surface area contributed by atoms with Gasteiger partial charge in [-0.25, -0.2) is 4.39 Å². The topological polar surface area (TPSA) is 48.5 Å². The Kier molecular flexibility index (Phi) is 5.60. The fraction of sp³-hybridized carbons (Fsp3) is 0.368. The molecule has 1 aromatic carbocycles. The second kappa shape index (κ2) is 8.07. The van der Waals surface area contributed by atoms with Crippen LogP contribution in [0.5, 0.6) is 0 Å². The molecule has 0 saturated carbocycles. The van der Waals surface area contributed by atoms with Crippen LogP contribution in [-0.4, -0.2) is 48.0 Å². The molecule has 3 rings (SSSR count). The molecule has 25 heavy (non-hydrogen) atoms. The van der Waals surface area contributed by atoms with E-state index in [-0.39, 0.29) is 17.8 Å². The summed E-state index contributed by atoms with van der Waals surface area (Å²) in [4.78, 5) is 21.0. The van der Waals surface area contributed by atoms with Gasteiger partial charge in [-0.2, -0.15) is 0 Å². The van der Waals surface area contributed by atoms with Gasteiger partial charge in [0.05, 0.1) is 18.3 Å². The third kappa shape index (κ3) is 4.54. The molecule has 5 nitrogen and oxygen atoms in total. The fourth-order valence-corrected chi connectivity index (χ4v) is 3.01. The highest BCUT2D eigenvalue weighted by Gasteiger charge is 2.25. The van der Waals surface area contributed by atoms with E-state index in [1.54, 1.807) is 18.3 Å². The van der Waals surface area contributed by atoms with Crippen LogP contribution >= 0.6 is 0 Å². The van der Waals surface area contributed by atoms with Crippen molar-refractivity contribution in [2.45, 2.75) is 19.5 Å². The molecule has 6 heteroatoms. The summed E-state index contributed by atoms with van der Waals surface area (Å²) in [5.41, 5.74) is 1.87. The van der Waals surface area contributed by atoms with Gasteiger partial charge in [-0.15, -0.1) is 0 Å². The number of nitrogens with zero attached hydrogens (tertiary/aromatic N) is 3. The Morgan fingerprint density at radius 3 is 2.52 bits per heavy atom. The molecule has 0 radical (unpaired) electrons. The van der Waals surface area contributed by atoms with Gasteiger partial charge in [-0.05, 0) is 43.3 Å². The third-order valence-electron chi connectivity index (χ3n) is 4.60. The van der Waals surface area contributed by atoms with E-state index in [1.807, 2.05) is 25.1 Å². The highest BCUT2D eigenvalue weighted by molar-refractivity contribution is 5.81. The highest BCUT2D eigenvalue weighted by atomic mass is 19.1. The molecule has 0 aliphatic carbocycles. The molecule has 0 unspecified atom stereocenters. The van der Waals surface area contributed by atoms with Crippen LogP contribution in [0.25, 0.3) is 0 Å². The molecule has 0 bridgehead atoms. The Hall–Kier alpha value is -2.47. The van der Waals surface area contributed by atoms with Gasteiger partial charge in [0.15, 0.2) is 0 Å². The standard InChI is InChI=1S/C19H23FN4O/c1-15(19(25)22-14-17-4-2-3-9-21-17)23-10-12-24(13-11-23)18-7-5-16(20)6-8-18/h2-9,15H,10-14H2,1H3,(H,22,25)/t15-/m1/s1. The molecule has 1 aliphatic heterocycles. The molecule has 132 valence electrons. The average molecular weight is 342 g/mol. The highest BCUT2D eigenvalue weighted by Crippen LogP contribution is 2.17. The number of amides is 1. The largest absolute Gasteiger partial charge is 0.369 e. The number of benzene rings is 1. The van der Waals surface area contributed by atoms with E-state index in [9.17, 15) is 9.18 Å². The van der Waals surface area contributed by atoms with Crippen molar-refractivity contribution in [2.75, 3.05) is 31.1 Å². The van der Waals surface area contributed by atoms with Crippen molar-refractivity contribution >= 4 is 11.6 Å². The van der Waals surface area contributed by atoms with E-state index in [0.717, 1.165) is 37.6 Å². The Morgan fingerprint density at radius 1 is 1.16 bits per heavy atom. The molecule has 1 atom stereocenters. The number of aromatic nitrogens is 1. The zero-order valence-corrected chi connectivity index (χ0v) is 14.4. The van der Waals surface area contributed by atoms with Crippen LogP contribution in [0.15, 0.2) is 48.7 Å². The van der Waals surface area contributed by atoms with Crippen molar-refractivity contribution in [1.82, 2.24) is 15.2 Å². The first kappa shape index (κ1) is 17.4. The molecule has 1 N–H and O–H groups in total. The second-order valence-electron chi connectivity index (χ2n) is 6.21. The molecule has 2 aromatic rings. The summed E-state index contributed by atoms with van der Waals surface area (Å²) in [5.74, 6) is -0.207. The van der Waals surface area contributed by atoms with E-state index >= 15 is 0 Å². The zero-order chi connectivity index (χ0) is 17.6. The number of hydrogen-bond acceptors (Lipinski definition) is 4. The molecule has 2 heterocycles. The maximum absolute atomic E-state index is 13.0. The summed E-state index contributed by atoms with van der Waals surface area (Å²) in [6.07, 6.45) is 1.72. The normalized spacial score (nSPS) is 16.5. The first-order valence-electron chi connectivity index (χ1n) is 8.55. The first-order chi connectivity index (χ1) is 12.1. The summed E-state index contributed by atoms with van der Waals surface area (Å²) in [5, 5.41) is 2.95. The first-order valence-corrected chi connectivity index (χ1v) is 8.55. The van der Waals surface area contributed by atoms with Gasteiger partial charge < -0.3 is 10.2 Å². The van der Waals surface area contributed by atoms with Crippen LogP contribution in [0.2, 0.25) is 0 Å². The number of carbonyl (C=O) groups is 1. The Bertz CT molecular complexity index is 684. The number of nitrogens with one attached hydrogen (secondary N) is 1. The lowest BCUT2D eigenvalue weighted by Crippen LogP contribution is -2.53. The molecule has 1 amide bonds. The van der Waals surface area contributed by atoms with Gasteiger partial charge in [0.25, 0.3) is 0 Å². The lowest BCUT2D eigenvalue weighted by Gasteiger charge is -2.38. The third-order valence-corrected chi connectivity index (χ3v) is 4.60. The van der Waals surface area contributed by atoms with Crippen molar-refractivity contribution in [2.24, 2.45) is 0 Å². The molecule has 1 saturated heterocycles. The van der Waals surface area contributed by atoms with Gasteiger partial charge in [0.1, 0.15) is 5.82 Å². The zero-order valence-electron chi connectivity index (χ0n) is 14.4. The van der Waals surface area contributed by atoms with Crippen molar-refractivity contribution in [3.05, 3.63) is 60.2 Å². The maximum Gasteiger partial charge on any atom is 0.237 e. The quantitative estimate of drug-likeness (QED) is 0.903. The van der Waals surface area contributed by atoms with Crippen molar-refractivity contribution in [3.63, 3.8) is 0 Å². The summed E-state index contributed by atoms with van der Waals surface area (Å²) >= 11 is 0. The molecule has 1 aliphatic rings. The number of rotatable bonds is 5. The monoisotopic (exact) mass is 342 g/mol. The van der Waals surface area contributed by atoms with Gasteiger partial charge >= 0.3 is 0 Å². The number of halogens is 1. The SMILES string of the molecule is C[C@H](C(=O)NCc1ccccn1)N1CCN(c2ccc(F)cc2)CC1. The minimum Gasteiger partial charge on any atom is -0.369 e. The lowest BCUT2D eigenvalue weighted by molar-refractivity contribution is -0.126. The van der Waals surface area contributed by atoms with E-state index < -0.39 is 0 Å². The van der Waals surface area contributed by atoms with Crippen molar-refractivity contribution < 1.29 is 9.18 Å². The molecule has 1 fully saturated rings. The van der Waals surface area contributed by atoms with Gasteiger partial charge in [-0.3, -0.25) is 14.7 Å². The van der Waals surface area contributed by atoms with E-state index in [0.29, 0.717) is 6.54 Å². The Morgan fingerprint density at radius 2 is 1.88 bits per heavy atom. The van der Waals surface area contributed by atoms with E-state index in [2.05, 4.69) is 20.1 Å². The maximum atomic E-state index is 13.0. The number of piperazine rings is 1. The number of hydrogen-bond donors (Lipinski definition) is 1. The van der Waals surface area contributed by atoms with Gasteiger partial charge in [0.2, 0.25) is 5.91 Å². The van der Waals surface area contributed by atoms with Gasteiger partial charge in [0, 0.05) is 38.1 Å². The number of pyridine rings is 1. The molecular formula is C19H23FN4O. The van der Waals surface area contributed by atoms with Crippen LogP contribution in [0, 0.1) is 5.82 Å². The smallest absolute Gasteiger partial charge is 0.237 e. The van der Waals surface area contributed by atoms with Crippen molar-refractivity contribution in [3.8, 4) is 0 Å². The summed E-state index contributed by atoms with van der Waals surface area (Å²) in [6, 6.07) is 12.0. The number of carbonyl (C=O) groups excluding carboxylic acids is 1.